The van der Waals surface area contributed by atoms with Gasteiger partial charge in [-0.05, 0) is 74.9 Å². The topological polar surface area (TPSA) is 182 Å². The standard InChI is InChI=1S/C19H13F3N6O2.C19H17FN6/c1-9-24-12-4-2-10(20)6-13(12)28(9)18-26-16(23)8-17(27-18)25-11-3-5-14-15(7-11)30-19(21,22)29-14;1-11-4-3-5-14(8-11)23-18-10-17(21)24-19(25-18)26-12(2)22-15-7-6-13(20)9-16(15)26/h2-8H,1H3,(H3,23,25,26,27);3-10H,1-2H3,(H3,21,23,24,25). The molecule has 282 valence electrons. The number of fused-ring (bicyclic) bond motifs is 3. The van der Waals surface area contributed by atoms with Gasteiger partial charge in [0.05, 0.1) is 22.1 Å². The molecule has 0 saturated heterocycles. The molecule has 1 aliphatic heterocycles. The van der Waals surface area contributed by atoms with Crippen LogP contribution in [0.3, 0.4) is 0 Å². The molecule has 0 saturated carbocycles. The molecule has 0 fully saturated rings. The average Bonchev–Trinajstić information content (AvgIpc) is 3.74. The number of nitrogens with one attached hydrogen (secondary N) is 2. The Morgan fingerprint density at radius 1 is 0.571 bits per heavy atom. The maximum Gasteiger partial charge on any atom is 0.586 e. The van der Waals surface area contributed by atoms with E-state index in [4.69, 9.17) is 11.5 Å². The Balaban J connectivity index is 0.000000159. The summed E-state index contributed by atoms with van der Waals surface area (Å²) in [4.78, 5) is 26.3. The van der Waals surface area contributed by atoms with Gasteiger partial charge in [-0.2, -0.15) is 19.9 Å². The molecular formula is C38H30F4N12O2. The second kappa shape index (κ2) is 13.7. The summed E-state index contributed by atoms with van der Waals surface area (Å²) in [5, 5.41) is 6.19. The van der Waals surface area contributed by atoms with E-state index >= 15 is 0 Å². The van der Waals surface area contributed by atoms with Gasteiger partial charge in [-0.1, -0.05) is 12.1 Å². The lowest BCUT2D eigenvalue weighted by Crippen LogP contribution is -2.25. The number of nitrogens with two attached hydrogens (primary N) is 2. The molecule has 56 heavy (non-hydrogen) atoms. The van der Waals surface area contributed by atoms with Crippen molar-refractivity contribution in [2.24, 2.45) is 0 Å². The molecule has 9 rings (SSSR count). The van der Waals surface area contributed by atoms with Gasteiger partial charge in [0.15, 0.2) is 11.5 Å². The maximum absolute atomic E-state index is 13.8. The van der Waals surface area contributed by atoms with Crippen LogP contribution in [0.25, 0.3) is 34.0 Å². The fourth-order valence-corrected chi connectivity index (χ4v) is 6.12. The Labute approximate surface area is 314 Å². The third kappa shape index (κ3) is 7.22. The van der Waals surface area contributed by atoms with E-state index in [1.54, 1.807) is 34.3 Å². The summed E-state index contributed by atoms with van der Waals surface area (Å²) in [5.74, 6) is 2.04. The minimum Gasteiger partial charge on any atom is -0.395 e. The maximum atomic E-state index is 13.8. The second-order valence-corrected chi connectivity index (χ2v) is 12.7. The number of anilines is 6. The fraction of sp³-hybridized carbons (Fsp3) is 0.105. The summed E-state index contributed by atoms with van der Waals surface area (Å²) in [6.45, 7) is 5.56. The largest absolute Gasteiger partial charge is 0.586 e. The van der Waals surface area contributed by atoms with Crippen molar-refractivity contribution in [3.63, 3.8) is 0 Å². The van der Waals surface area contributed by atoms with Crippen LogP contribution in [-0.2, 0) is 0 Å². The zero-order valence-corrected chi connectivity index (χ0v) is 29.7. The van der Waals surface area contributed by atoms with Crippen LogP contribution in [0.2, 0.25) is 0 Å². The van der Waals surface area contributed by atoms with Gasteiger partial charge >= 0.3 is 6.29 Å². The molecule has 5 heterocycles. The summed E-state index contributed by atoms with van der Waals surface area (Å²) in [7, 11) is 0. The number of hydrogen-bond acceptors (Lipinski definition) is 12. The van der Waals surface area contributed by atoms with Crippen molar-refractivity contribution in [3.05, 3.63) is 120 Å². The van der Waals surface area contributed by atoms with E-state index < -0.39 is 12.1 Å². The number of imidazole rings is 2. The molecular weight excluding hydrogens is 732 g/mol. The van der Waals surface area contributed by atoms with Crippen molar-refractivity contribution < 1.29 is 27.0 Å². The lowest BCUT2D eigenvalue weighted by Gasteiger charge is -2.11. The van der Waals surface area contributed by atoms with Gasteiger partial charge in [0.1, 0.15) is 46.6 Å². The van der Waals surface area contributed by atoms with Crippen LogP contribution in [0.5, 0.6) is 11.5 Å². The van der Waals surface area contributed by atoms with E-state index in [1.807, 2.05) is 38.1 Å². The minimum absolute atomic E-state index is 0.0732. The van der Waals surface area contributed by atoms with Crippen LogP contribution in [0, 0.1) is 32.4 Å². The number of aryl methyl sites for hydroxylation is 3. The molecule has 0 unspecified atom stereocenters. The van der Waals surface area contributed by atoms with Crippen molar-refractivity contribution in [3.8, 4) is 23.4 Å². The van der Waals surface area contributed by atoms with Gasteiger partial charge < -0.3 is 31.6 Å². The van der Waals surface area contributed by atoms with Gasteiger partial charge in [0.25, 0.3) is 0 Å². The monoisotopic (exact) mass is 762 g/mol. The number of hydrogen-bond donors (Lipinski definition) is 4. The third-order valence-corrected chi connectivity index (χ3v) is 8.40. The summed E-state index contributed by atoms with van der Waals surface area (Å²) < 4.78 is 66.0. The molecule has 6 N–H and O–H groups in total. The Morgan fingerprint density at radius 2 is 1.09 bits per heavy atom. The lowest BCUT2D eigenvalue weighted by atomic mass is 10.2. The highest BCUT2D eigenvalue weighted by atomic mass is 19.3. The van der Waals surface area contributed by atoms with E-state index in [0.29, 0.717) is 62.8 Å². The number of benzene rings is 4. The molecule has 1 aliphatic rings. The van der Waals surface area contributed by atoms with E-state index in [0.717, 1.165) is 11.3 Å². The zero-order chi connectivity index (χ0) is 39.3. The molecule has 0 radical (unpaired) electrons. The molecule has 4 aromatic heterocycles. The first-order valence-electron chi connectivity index (χ1n) is 16.9. The van der Waals surface area contributed by atoms with Gasteiger partial charge in [0, 0.05) is 41.7 Å². The van der Waals surface area contributed by atoms with E-state index in [2.05, 4.69) is 50.0 Å². The molecule has 0 aliphatic carbocycles. The number of halogens is 4. The quantitative estimate of drug-likeness (QED) is 0.121. The average molecular weight is 763 g/mol. The van der Waals surface area contributed by atoms with Gasteiger partial charge in [-0.25, -0.2) is 18.7 Å². The molecule has 0 atom stereocenters. The Morgan fingerprint density at radius 3 is 1.62 bits per heavy atom. The van der Waals surface area contributed by atoms with Crippen LogP contribution in [0.15, 0.2) is 91.0 Å². The number of ether oxygens (including phenoxy) is 2. The smallest absolute Gasteiger partial charge is 0.395 e. The van der Waals surface area contributed by atoms with E-state index in [1.165, 1.54) is 48.5 Å². The molecule has 4 aromatic carbocycles. The summed E-state index contributed by atoms with van der Waals surface area (Å²) in [6.07, 6.45) is -3.71. The number of rotatable bonds is 6. The van der Waals surface area contributed by atoms with Crippen LogP contribution in [0.1, 0.15) is 17.2 Å². The number of nitrogen functional groups attached to an aromatic ring is 2. The lowest BCUT2D eigenvalue weighted by molar-refractivity contribution is -0.286. The highest BCUT2D eigenvalue weighted by molar-refractivity contribution is 5.79. The summed E-state index contributed by atoms with van der Waals surface area (Å²) >= 11 is 0. The van der Waals surface area contributed by atoms with Crippen LogP contribution in [0.4, 0.5) is 52.2 Å². The van der Waals surface area contributed by atoms with Crippen molar-refractivity contribution in [2.75, 3.05) is 22.1 Å². The number of alkyl halides is 2. The SMILES string of the molecule is Cc1cccc(Nc2cc(N)nc(-n3c(C)nc4ccc(F)cc43)n2)c1.Cc1nc2ccc(F)cc2n1-c1nc(N)cc(Nc2ccc3c(c2)OC(F)(F)O3)n1. The number of aromatic nitrogens is 8. The zero-order valence-electron chi connectivity index (χ0n) is 29.7. The first-order valence-corrected chi connectivity index (χ1v) is 16.9. The minimum atomic E-state index is -3.71. The Kier molecular flexibility index (Phi) is 8.71. The number of nitrogens with zero attached hydrogens (tertiary/aromatic N) is 8. The normalized spacial score (nSPS) is 12.8. The third-order valence-electron chi connectivity index (χ3n) is 8.40. The van der Waals surface area contributed by atoms with E-state index in [9.17, 15) is 17.6 Å². The summed E-state index contributed by atoms with van der Waals surface area (Å²) in [6, 6.07) is 23.9. The van der Waals surface area contributed by atoms with Crippen LogP contribution >= 0.6 is 0 Å². The molecule has 0 bridgehead atoms. The van der Waals surface area contributed by atoms with Crippen molar-refractivity contribution in [1.82, 2.24) is 39.0 Å². The molecule has 18 heteroatoms. The van der Waals surface area contributed by atoms with Crippen LogP contribution < -0.4 is 31.6 Å². The van der Waals surface area contributed by atoms with Gasteiger partial charge in [-0.3, -0.25) is 9.13 Å². The Hall–Kier alpha value is -7.50. The highest BCUT2D eigenvalue weighted by Crippen LogP contribution is 2.42. The first kappa shape index (κ1) is 35.5. The summed E-state index contributed by atoms with van der Waals surface area (Å²) in [5.41, 5.74) is 16.7. The second-order valence-electron chi connectivity index (χ2n) is 12.7. The van der Waals surface area contributed by atoms with Crippen molar-refractivity contribution in [1.29, 1.82) is 0 Å². The molecule has 14 nitrogen and oxygen atoms in total. The predicted molar refractivity (Wildman–Crippen MR) is 202 cm³/mol. The highest BCUT2D eigenvalue weighted by Gasteiger charge is 2.43. The van der Waals surface area contributed by atoms with Crippen molar-refractivity contribution >= 4 is 56.7 Å². The molecule has 8 aromatic rings. The van der Waals surface area contributed by atoms with Gasteiger partial charge in [0.2, 0.25) is 11.9 Å². The van der Waals surface area contributed by atoms with Gasteiger partial charge in [-0.15, -0.1) is 8.78 Å². The molecule has 0 amide bonds. The Bertz CT molecular complexity index is 2810. The fourth-order valence-electron chi connectivity index (χ4n) is 6.12. The van der Waals surface area contributed by atoms with Crippen molar-refractivity contribution in [2.45, 2.75) is 27.1 Å². The first-order chi connectivity index (χ1) is 26.8. The molecule has 0 spiro atoms. The predicted octanol–water partition coefficient (Wildman–Crippen LogP) is 7.81. The van der Waals surface area contributed by atoms with Crippen LogP contribution in [-0.4, -0.2) is 45.3 Å². The van der Waals surface area contributed by atoms with E-state index in [-0.39, 0.29) is 29.1 Å².